The average Bonchev–Trinajstić information content (AvgIpc) is 2.57. The molecule has 3 N–H and O–H groups in total. The van der Waals surface area contributed by atoms with Gasteiger partial charge in [-0.05, 0) is 29.8 Å². The number of rotatable bonds is 4. The highest BCUT2D eigenvalue weighted by molar-refractivity contribution is 6.30. The molecule has 3 rings (SSSR count). The number of halogens is 1. The maximum atomic E-state index is 12.3. The van der Waals surface area contributed by atoms with Crippen molar-refractivity contribution in [1.29, 1.82) is 0 Å². The Morgan fingerprint density at radius 3 is 2.43 bits per heavy atom. The second kappa shape index (κ2) is 6.50. The fraction of sp³-hybridized carbons (Fsp3) is 0.0625. The van der Waals surface area contributed by atoms with E-state index in [2.05, 4.69) is 15.5 Å². The third-order valence-electron chi connectivity index (χ3n) is 3.27. The van der Waals surface area contributed by atoms with Gasteiger partial charge in [-0.25, -0.2) is 0 Å². The summed E-state index contributed by atoms with van der Waals surface area (Å²) >= 11 is 5.85. The summed E-state index contributed by atoms with van der Waals surface area (Å²) in [7, 11) is 0. The van der Waals surface area contributed by atoms with E-state index in [1.807, 2.05) is 42.5 Å². The molecular weight excluding hydrogens is 314 g/mol. The molecular formula is C16H14ClN5O. The molecule has 0 fully saturated rings. The number of nitrogens with two attached hydrogens (primary N) is 1. The summed E-state index contributed by atoms with van der Waals surface area (Å²) in [4.78, 5) is 12.3. The Morgan fingerprint density at radius 2 is 1.74 bits per heavy atom. The molecule has 1 aromatic heterocycles. The predicted molar refractivity (Wildman–Crippen MR) is 90.4 cm³/mol. The summed E-state index contributed by atoms with van der Waals surface area (Å²) in [6.45, 7) is 0. The van der Waals surface area contributed by atoms with Gasteiger partial charge in [0.15, 0.2) is 0 Å². The molecule has 0 aliphatic rings. The second-order valence-electron chi connectivity index (χ2n) is 4.94. The zero-order valence-corrected chi connectivity index (χ0v) is 12.9. The molecule has 0 saturated carbocycles. The summed E-state index contributed by atoms with van der Waals surface area (Å²) in [5.41, 5.74) is 1.55. The predicted octanol–water partition coefficient (Wildman–Crippen LogP) is 2.34. The molecule has 0 radical (unpaired) electrons. The van der Waals surface area contributed by atoms with Crippen molar-refractivity contribution in [2.45, 2.75) is 6.42 Å². The molecule has 0 bridgehead atoms. The molecule has 3 aromatic rings. The van der Waals surface area contributed by atoms with E-state index in [0.29, 0.717) is 11.4 Å². The smallest absolute Gasteiger partial charge is 0.295 e. The molecule has 0 aliphatic heterocycles. The fourth-order valence-electron chi connectivity index (χ4n) is 2.08. The summed E-state index contributed by atoms with van der Waals surface area (Å²) in [6.07, 6.45) is 0.339. The molecule has 0 amide bonds. The maximum Gasteiger partial charge on any atom is 0.295 e. The van der Waals surface area contributed by atoms with Gasteiger partial charge in [-0.15, -0.1) is 10.2 Å². The first-order chi connectivity index (χ1) is 11.1. The van der Waals surface area contributed by atoms with E-state index in [1.165, 1.54) is 0 Å². The summed E-state index contributed by atoms with van der Waals surface area (Å²) in [5.74, 6) is 6.01. The number of nitrogen functional groups attached to an aromatic ring is 1. The lowest BCUT2D eigenvalue weighted by molar-refractivity contribution is 0.789. The van der Waals surface area contributed by atoms with E-state index in [1.54, 1.807) is 12.1 Å². The van der Waals surface area contributed by atoms with E-state index < -0.39 is 5.56 Å². The molecule has 7 heteroatoms. The van der Waals surface area contributed by atoms with E-state index in [-0.39, 0.29) is 11.6 Å². The van der Waals surface area contributed by atoms with Gasteiger partial charge >= 0.3 is 0 Å². The second-order valence-corrected chi connectivity index (χ2v) is 5.38. The van der Waals surface area contributed by atoms with Gasteiger partial charge in [-0.2, -0.15) is 4.68 Å². The van der Waals surface area contributed by atoms with Crippen LogP contribution in [0.2, 0.25) is 5.02 Å². The molecule has 0 unspecified atom stereocenters. The van der Waals surface area contributed by atoms with Gasteiger partial charge < -0.3 is 11.2 Å². The van der Waals surface area contributed by atoms with Crippen LogP contribution in [0.5, 0.6) is 0 Å². The quantitative estimate of drug-likeness (QED) is 0.718. The van der Waals surface area contributed by atoms with Crippen LogP contribution in [0.4, 0.5) is 11.6 Å². The Hall–Kier alpha value is -2.86. The lowest BCUT2D eigenvalue weighted by atomic mass is 10.1. The monoisotopic (exact) mass is 327 g/mol. The Kier molecular flexibility index (Phi) is 4.25. The summed E-state index contributed by atoms with van der Waals surface area (Å²) < 4.78 is 0.964. The number of nitrogens with one attached hydrogen (secondary N) is 1. The fourth-order valence-corrected chi connectivity index (χ4v) is 2.20. The number of nitrogens with zero attached hydrogens (tertiary/aromatic N) is 3. The minimum absolute atomic E-state index is 0.182. The minimum Gasteiger partial charge on any atom is -0.333 e. The van der Waals surface area contributed by atoms with Crippen LogP contribution in [0.3, 0.4) is 0 Å². The largest absolute Gasteiger partial charge is 0.333 e. The van der Waals surface area contributed by atoms with Gasteiger partial charge in [0.2, 0.25) is 5.95 Å². The molecule has 0 aliphatic carbocycles. The van der Waals surface area contributed by atoms with E-state index in [4.69, 9.17) is 17.4 Å². The first-order valence-electron chi connectivity index (χ1n) is 6.93. The lowest BCUT2D eigenvalue weighted by Crippen LogP contribution is -2.34. The minimum atomic E-state index is -0.395. The number of para-hydroxylation sites is 1. The standard InChI is InChI=1S/C16H14ClN5O/c17-12-8-6-11(7-9-12)10-14-15(23)22(18)16(21-20-14)19-13-4-2-1-3-5-13/h1-9H,10,18H2,(H,19,21). The zero-order chi connectivity index (χ0) is 16.2. The van der Waals surface area contributed by atoms with Gasteiger partial charge in [0.05, 0.1) is 0 Å². The highest BCUT2D eigenvalue weighted by Gasteiger charge is 2.11. The van der Waals surface area contributed by atoms with Crippen LogP contribution < -0.4 is 16.7 Å². The Labute approximate surface area is 137 Å². The van der Waals surface area contributed by atoms with Crippen molar-refractivity contribution < 1.29 is 0 Å². The van der Waals surface area contributed by atoms with E-state index in [0.717, 1.165) is 15.9 Å². The summed E-state index contributed by atoms with van der Waals surface area (Å²) in [6, 6.07) is 16.5. The van der Waals surface area contributed by atoms with Crippen molar-refractivity contribution in [3.05, 3.63) is 81.2 Å². The Balaban J connectivity index is 1.85. The van der Waals surface area contributed by atoms with Gasteiger partial charge in [0, 0.05) is 17.1 Å². The van der Waals surface area contributed by atoms with Crippen molar-refractivity contribution in [3.8, 4) is 0 Å². The van der Waals surface area contributed by atoms with Gasteiger partial charge in [-0.3, -0.25) is 4.79 Å². The lowest BCUT2D eigenvalue weighted by Gasteiger charge is -2.10. The first-order valence-corrected chi connectivity index (χ1v) is 7.31. The van der Waals surface area contributed by atoms with Crippen LogP contribution in [0.25, 0.3) is 0 Å². The van der Waals surface area contributed by atoms with Gasteiger partial charge in [-0.1, -0.05) is 41.9 Å². The van der Waals surface area contributed by atoms with Crippen molar-refractivity contribution in [2.75, 3.05) is 11.2 Å². The van der Waals surface area contributed by atoms with E-state index >= 15 is 0 Å². The Morgan fingerprint density at radius 1 is 1.04 bits per heavy atom. The SMILES string of the molecule is Nn1c(Nc2ccccc2)nnc(Cc2ccc(Cl)cc2)c1=O. The highest BCUT2D eigenvalue weighted by Crippen LogP contribution is 2.13. The molecule has 116 valence electrons. The normalized spacial score (nSPS) is 10.5. The molecule has 2 aromatic carbocycles. The van der Waals surface area contributed by atoms with Gasteiger partial charge in [0.25, 0.3) is 5.56 Å². The molecule has 6 nitrogen and oxygen atoms in total. The molecule has 0 atom stereocenters. The zero-order valence-electron chi connectivity index (χ0n) is 12.1. The van der Waals surface area contributed by atoms with Crippen molar-refractivity contribution in [1.82, 2.24) is 14.9 Å². The topological polar surface area (TPSA) is 85.8 Å². The van der Waals surface area contributed by atoms with Crippen LogP contribution in [-0.4, -0.2) is 14.9 Å². The number of anilines is 2. The Bertz CT molecular complexity index is 862. The number of benzene rings is 2. The molecule has 1 heterocycles. The molecule has 0 spiro atoms. The first kappa shape index (κ1) is 15.1. The third kappa shape index (κ3) is 3.49. The molecule has 0 saturated heterocycles. The van der Waals surface area contributed by atoms with Crippen LogP contribution in [0, 0.1) is 0 Å². The van der Waals surface area contributed by atoms with Crippen molar-refractivity contribution >= 4 is 23.2 Å². The number of hydrogen-bond acceptors (Lipinski definition) is 5. The van der Waals surface area contributed by atoms with Crippen LogP contribution in [0.1, 0.15) is 11.3 Å². The van der Waals surface area contributed by atoms with Crippen LogP contribution in [-0.2, 0) is 6.42 Å². The molecule has 23 heavy (non-hydrogen) atoms. The number of hydrogen-bond donors (Lipinski definition) is 2. The van der Waals surface area contributed by atoms with E-state index in [9.17, 15) is 4.79 Å². The van der Waals surface area contributed by atoms with Crippen molar-refractivity contribution in [2.24, 2.45) is 0 Å². The highest BCUT2D eigenvalue weighted by atomic mass is 35.5. The van der Waals surface area contributed by atoms with Crippen molar-refractivity contribution in [3.63, 3.8) is 0 Å². The van der Waals surface area contributed by atoms with Gasteiger partial charge in [0.1, 0.15) is 5.69 Å². The van der Waals surface area contributed by atoms with Crippen LogP contribution >= 0.6 is 11.6 Å². The number of aromatic nitrogens is 3. The third-order valence-corrected chi connectivity index (χ3v) is 3.53. The maximum absolute atomic E-state index is 12.3. The average molecular weight is 328 g/mol. The summed E-state index contributed by atoms with van der Waals surface area (Å²) in [5, 5.41) is 11.6. The van der Waals surface area contributed by atoms with Crippen LogP contribution in [0.15, 0.2) is 59.4 Å².